The largest absolute Gasteiger partial charge is 0.465 e. The molecule has 1 aliphatic rings. The summed E-state index contributed by atoms with van der Waals surface area (Å²) in [6.45, 7) is 6.18. The molecule has 3 rings (SSSR count). The fraction of sp³-hybridized carbons (Fsp3) is 0.364. The van der Waals surface area contributed by atoms with Crippen molar-refractivity contribution in [1.29, 1.82) is 5.26 Å². The molecule has 166 valence electrons. The minimum absolute atomic E-state index is 0.284. The standard InChI is InChI=1S/C22H28N4O4S/c1-22(2,3)20(24-21(27)28)10-7-13-25-19-14-16(15-23)11-12-18(19)26(31(25,29)30)17-8-5-4-6-9-17/h4-6,8-9,11-12,14,20,24,29-30H,7,10,13H2,1-3H3,(H,27,28). The summed E-state index contributed by atoms with van der Waals surface area (Å²) in [6, 6.07) is 15.9. The number of benzene rings is 2. The van der Waals surface area contributed by atoms with E-state index in [1.807, 2.05) is 39.0 Å². The van der Waals surface area contributed by atoms with E-state index in [1.54, 1.807) is 30.3 Å². The van der Waals surface area contributed by atoms with Crippen LogP contribution in [0.2, 0.25) is 0 Å². The number of hydrogen-bond donors (Lipinski definition) is 4. The number of nitriles is 1. The number of rotatable bonds is 6. The molecule has 1 aliphatic heterocycles. The molecule has 8 nitrogen and oxygen atoms in total. The number of nitrogens with one attached hydrogen (secondary N) is 1. The molecule has 0 aromatic heterocycles. The highest BCUT2D eigenvalue weighted by atomic mass is 32.3. The summed E-state index contributed by atoms with van der Waals surface area (Å²) in [5.41, 5.74) is 1.96. The Morgan fingerprint density at radius 2 is 1.84 bits per heavy atom. The average Bonchev–Trinajstić information content (AvgIpc) is 2.92. The Morgan fingerprint density at radius 1 is 1.16 bits per heavy atom. The first-order chi connectivity index (χ1) is 14.6. The van der Waals surface area contributed by atoms with E-state index >= 15 is 0 Å². The van der Waals surface area contributed by atoms with Crippen LogP contribution in [0.4, 0.5) is 21.9 Å². The minimum atomic E-state index is -3.40. The number of fused-ring (bicyclic) bond motifs is 1. The molecule has 0 spiro atoms. The van der Waals surface area contributed by atoms with E-state index in [2.05, 4.69) is 11.4 Å². The van der Waals surface area contributed by atoms with Gasteiger partial charge < -0.3 is 10.4 Å². The lowest BCUT2D eigenvalue weighted by Crippen LogP contribution is -2.43. The minimum Gasteiger partial charge on any atom is -0.465 e. The zero-order chi connectivity index (χ0) is 22.8. The van der Waals surface area contributed by atoms with Gasteiger partial charge in [-0.2, -0.15) is 5.26 Å². The highest BCUT2D eigenvalue weighted by Crippen LogP contribution is 2.64. The molecule has 31 heavy (non-hydrogen) atoms. The normalized spacial score (nSPS) is 16.9. The fourth-order valence-electron chi connectivity index (χ4n) is 3.72. The van der Waals surface area contributed by atoms with E-state index in [0.717, 1.165) is 0 Å². The third-order valence-electron chi connectivity index (χ3n) is 5.32. The molecule has 0 bridgehead atoms. The van der Waals surface area contributed by atoms with Crippen molar-refractivity contribution in [1.82, 2.24) is 5.32 Å². The molecule has 1 heterocycles. The van der Waals surface area contributed by atoms with Crippen LogP contribution in [0.5, 0.6) is 0 Å². The maximum atomic E-state index is 11.2. The van der Waals surface area contributed by atoms with Gasteiger partial charge in [0.25, 0.3) is 0 Å². The Balaban J connectivity index is 1.90. The number of anilines is 3. The number of hydrogen-bond acceptors (Lipinski definition) is 6. The lowest BCUT2D eigenvalue weighted by atomic mass is 9.84. The summed E-state index contributed by atoms with van der Waals surface area (Å²) < 4.78 is 25.5. The van der Waals surface area contributed by atoms with Crippen LogP contribution in [0.25, 0.3) is 0 Å². The summed E-state index contributed by atoms with van der Waals surface area (Å²) in [4.78, 5) is 11.2. The van der Waals surface area contributed by atoms with Gasteiger partial charge in [-0.05, 0) is 59.6 Å². The van der Waals surface area contributed by atoms with Gasteiger partial charge in [-0.25, -0.2) is 9.10 Å². The van der Waals surface area contributed by atoms with Crippen LogP contribution in [0.15, 0.2) is 48.5 Å². The van der Waals surface area contributed by atoms with Crippen LogP contribution < -0.4 is 13.9 Å². The Bertz CT molecular complexity index is 985. The van der Waals surface area contributed by atoms with E-state index in [9.17, 15) is 19.2 Å². The van der Waals surface area contributed by atoms with Crippen molar-refractivity contribution in [3.63, 3.8) is 0 Å². The highest BCUT2D eigenvalue weighted by molar-refractivity contribution is 8.27. The summed E-state index contributed by atoms with van der Waals surface area (Å²) >= 11 is 0. The maximum absolute atomic E-state index is 11.2. The molecule has 2 aromatic rings. The summed E-state index contributed by atoms with van der Waals surface area (Å²) in [7, 11) is -3.40. The summed E-state index contributed by atoms with van der Waals surface area (Å²) in [6.07, 6.45) is -0.0261. The molecular weight excluding hydrogens is 416 g/mol. The third-order valence-corrected chi connectivity index (χ3v) is 7.19. The van der Waals surface area contributed by atoms with E-state index in [0.29, 0.717) is 42.0 Å². The Hall–Kier alpha value is -2.93. The summed E-state index contributed by atoms with van der Waals surface area (Å²) in [5.74, 6) is 0. The number of para-hydroxylation sites is 1. The summed E-state index contributed by atoms with van der Waals surface area (Å²) in [5, 5.41) is 21.0. The fourth-order valence-corrected chi connectivity index (χ4v) is 5.53. The van der Waals surface area contributed by atoms with Gasteiger partial charge in [0.1, 0.15) is 0 Å². The number of nitrogens with zero attached hydrogens (tertiary/aromatic N) is 3. The second-order valence-electron chi connectivity index (χ2n) is 8.55. The van der Waals surface area contributed by atoms with Gasteiger partial charge in [0, 0.05) is 12.6 Å². The molecule has 1 amide bonds. The van der Waals surface area contributed by atoms with Crippen LogP contribution >= 0.6 is 11.0 Å². The van der Waals surface area contributed by atoms with Gasteiger partial charge in [0.15, 0.2) is 0 Å². The molecule has 9 heteroatoms. The highest BCUT2D eigenvalue weighted by Gasteiger charge is 2.41. The second-order valence-corrected chi connectivity index (χ2v) is 10.3. The SMILES string of the molecule is CC(C)(C)C(CCCN1c2cc(C#N)ccc2N(c2ccccc2)S1(O)O)NC(=O)O. The van der Waals surface area contributed by atoms with Crippen LogP contribution in [-0.4, -0.2) is 32.9 Å². The molecule has 1 unspecified atom stereocenters. The van der Waals surface area contributed by atoms with Crippen molar-refractivity contribution >= 4 is 34.1 Å². The molecule has 2 aromatic carbocycles. The monoisotopic (exact) mass is 444 g/mol. The van der Waals surface area contributed by atoms with Gasteiger partial charge in [-0.3, -0.25) is 13.4 Å². The second kappa shape index (κ2) is 8.67. The lowest BCUT2D eigenvalue weighted by molar-refractivity contribution is 0.171. The van der Waals surface area contributed by atoms with E-state index < -0.39 is 17.1 Å². The first-order valence-corrected chi connectivity index (χ1v) is 11.5. The number of carboxylic acid groups (broad SMARTS) is 1. The topological polar surface area (TPSA) is 120 Å². The molecule has 0 saturated heterocycles. The molecule has 1 atom stereocenters. The van der Waals surface area contributed by atoms with Gasteiger partial charge in [-0.15, -0.1) is 0 Å². The van der Waals surface area contributed by atoms with Crippen molar-refractivity contribution in [2.45, 2.75) is 39.7 Å². The van der Waals surface area contributed by atoms with Crippen LogP contribution in [0.3, 0.4) is 0 Å². The van der Waals surface area contributed by atoms with Crippen LogP contribution in [0, 0.1) is 16.7 Å². The van der Waals surface area contributed by atoms with E-state index in [-0.39, 0.29) is 11.5 Å². The van der Waals surface area contributed by atoms with Gasteiger partial charge in [0.2, 0.25) is 0 Å². The predicted molar refractivity (Wildman–Crippen MR) is 124 cm³/mol. The van der Waals surface area contributed by atoms with Crippen LogP contribution in [-0.2, 0) is 0 Å². The van der Waals surface area contributed by atoms with E-state index in [4.69, 9.17) is 5.11 Å². The number of amides is 1. The van der Waals surface area contributed by atoms with Crippen molar-refractivity contribution < 1.29 is 19.0 Å². The Morgan fingerprint density at radius 3 is 2.42 bits per heavy atom. The zero-order valence-corrected chi connectivity index (χ0v) is 18.6. The van der Waals surface area contributed by atoms with Gasteiger partial charge in [0.05, 0.1) is 28.7 Å². The first-order valence-electron chi connectivity index (χ1n) is 10.0. The van der Waals surface area contributed by atoms with Crippen molar-refractivity contribution in [3.05, 3.63) is 54.1 Å². The zero-order valence-electron chi connectivity index (χ0n) is 17.8. The number of carbonyl (C=O) groups is 1. The van der Waals surface area contributed by atoms with Crippen molar-refractivity contribution in [2.24, 2.45) is 5.41 Å². The quantitative estimate of drug-likeness (QED) is 0.460. The first kappa shape index (κ1) is 22.7. The van der Waals surface area contributed by atoms with E-state index in [1.165, 1.54) is 8.61 Å². The van der Waals surface area contributed by atoms with Gasteiger partial charge in [-0.1, -0.05) is 39.0 Å². The lowest BCUT2D eigenvalue weighted by Gasteiger charge is -2.44. The van der Waals surface area contributed by atoms with Crippen molar-refractivity contribution in [3.8, 4) is 6.07 Å². The molecule has 0 aliphatic carbocycles. The van der Waals surface area contributed by atoms with Crippen molar-refractivity contribution in [2.75, 3.05) is 15.2 Å². The maximum Gasteiger partial charge on any atom is 0.404 e. The molecule has 0 fully saturated rings. The molecule has 4 N–H and O–H groups in total. The Labute approximate surface area is 184 Å². The Kier molecular flexibility index (Phi) is 6.36. The third kappa shape index (κ3) is 4.71. The van der Waals surface area contributed by atoms with Gasteiger partial charge >= 0.3 is 6.09 Å². The molecule has 0 saturated carbocycles. The molecular formula is C22H28N4O4S. The molecule has 0 radical (unpaired) electrons. The average molecular weight is 445 g/mol. The van der Waals surface area contributed by atoms with Crippen LogP contribution in [0.1, 0.15) is 39.2 Å². The predicted octanol–water partition coefficient (Wildman–Crippen LogP) is 5.56. The smallest absolute Gasteiger partial charge is 0.404 e.